The fourth-order valence-corrected chi connectivity index (χ4v) is 1.23. The summed E-state index contributed by atoms with van der Waals surface area (Å²) in [4.78, 5) is 11.3. The maximum Gasteiger partial charge on any atom is 0.238 e. The molecule has 0 radical (unpaired) electrons. The van der Waals surface area contributed by atoms with Gasteiger partial charge in [-0.05, 0) is 17.7 Å². The van der Waals surface area contributed by atoms with E-state index >= 15 is 0 Å². The van der Waals surface area contributed by atoms with E-state index in [-0.39, 0.29) is 19.2 Å². The minimum atomic E-state index is -0.208. The number of carbonyl (C=O) groups is 1. The molecule has 16 heavy (non-hydrogen) atoms. The van der Waals surface area contributed by atoms with Crippen molar-refractivity contribution in [3.8, 4) is 0 Å². The van der Waals surface area contributed by atoms with Crippen LogP contribution >= 0.6 is 0 Å². The minimum absolute atomic E-state index is 0.0936. The SMILES string of the molecule is COCc1ccc(NC(=O)CNCO)cc1. The van der Waals surface area contributed by atoms with Crippen molar-refractivity contribution in [1.82, 2.24) is 5.32 Å². The predicted molar refractivity (Wildman–Crippen MR) is 60.9 cm³/mol. The van der Waals surface area contributed by atoms with Gasteiger partial charge in [-0.15, -0.1) is 0 Å². The van der Waals surface area contributed by atoms with Gasteiger partial charge in [0.2, 0.25) is 5.91 Å². The maximum atomic E-state index is 11.3. The number of hydrogen-bond acceptors (Lipinski definition) is 4. The molecule has 0 aliphatic rings. The molecular weight excluding hydrogens is 208 g/mol. The Kier molecular flexibility index (Phi) is 5.49. The van der Waals surface area contributed by atoms with Crippen molar-refractivity contribution in [3.63, 3.8) is 0 Å². The lowest BCUT2D eigenvalue weighted by atomic mass is 10.2. The topological polar surface area (TPSA) is 70.6 Å². The second-order valence-corrected chi connectivity index (χ2v) is 3.26. The Hall–Kier alpha value is -1.43. The average Bonchev–Trinajstić information content (AvgIpc) is 2.29. The molecular formula is C11H16N2O3. The summed E-state index contributed by atoms with van der Waals surface area (Å²) in [5, 5.41) is 13.7. The third-order valence-electron chi connectivity index (χ3n) is 1.95. The van der Waals surface area contributed by atoms with Crippen LogP contribution in [0.2, 0.25) is 0 Å². The Balaban J connectivity index is 2.45. The monoisotopic (exact) mass is 224 g/mol. The lowest BCUT2D eigenvalue weighted by molar-refractivity contribution is -0.115. The Morgan fingerprint density at radius 2 is 2.06 bits per heavy atom. The summed E-state index contributed by atoms with van der Waals surface area (Å²) in [6.45, 7) is 0.441. The first kappa shape index (κ1) is 12.6. The van der Waals surface area contributed by atoms with Crippen LogP contribution in [0.3, 0.4) is 0 Å². The van der Waals surface area contributed by atoms with Crippen molar-refractivity contribution in [2.24, 2.45) is 0 Å². The van der Waals surface area contributed by atoms with E-state index in [4.69, 9.17) is 9.84 Å². The molecule has 5 nitrogen and oxygen atoms in total. The average molecular weight is 224 g/mol. The minimum Gasteiger partial charge on any atom is -0.381 e. The van der Waals surface area contributed by atoms with Gasteiger partial charge in [-0.2, -0.15) is 0 Å². The van der Waals surface area contributed by atoms with Gasteiger partial charge in [-0.1, -0.05) is 12.1 Å². The molecule has 0 unspecified atom stereocenters. The third-order valence-corrected chi connectivity index (χ3v) is 1.95. The van der Waals surface area contributed by atoms with Gasteiger partial charge < -0.3 is 15.2 Å². The molecule has 88 valence electrons. The summed E-state index contributed by atoms with van der Waals surface area (Å²) in [7, 11) is 1.64. The fourth-order valence-electron chi connectivity index (χ4n) is 1.23. The number of benzene rings is 1. The van der Waals surface area contributed by atoms with Crippen LogP contribution in [0.5, 0.6) is 0 Å². The van der Waals surface area contributed by atoms with E-state index < -0.39 is 0 Å². The smallest absolute Gasteiger partial charge is 0.238 e. The van der Waals surface area contributed by atoms with Crippen molar-refractivity contribution in [3.05, 3.63) is 29.8 Å². The zero-order valence-corrected chi connectivity index (χ0v) is 9.19. The normalized spacial score (nSPS) is 10.1. The summed E-state index contributed by atoms with van der Waals surface area (Å²) >= 11 is 0. The van der Waals surface area contributed by atoms with Gasteiger partial charge in [0.1, 0.15) is 0 Å². The highest BCUT2D eigenvalue weighted by molar-refractivity contribution is 5.92. The molecule has 0 aromatic heterocycles. The molecule has 1 rings (SSSR count). The summed E-state index contributed by atoms with van der Waals surface area (Å²) in [5.74, 6) is -0.187. The van der Waals surface area contributed by atoms with Crippen LogP contribution in [-0.2, 0) is 16.1 Å². The predicted octanol–water partition coefficient (Wildman–Crippen LogP) is 0.311. The first-order valence-electron chi connectivity index (χ1n) is 4.95. The second-order valence-electron chi connectivity index (χ2n) is 3.26. The van der Waals surface area contributed by atoms with Gasteiger partial charge in [0.15, 0.2) is 0 Å². The van der Waals surface area contributed by atoms with Crippen molar-refractivity contribution in [1.29, 1.82) is 0 Å². The Morgan fingerprint density at radius 3 is 2.62 bits per heavy atom. The lowest BCUT2D eigenvalue weighted by Gasteiger charge is -2.06. The quantitative estimate of drug-likeness (QED) is 0.608. The number of aliphatic hydroxyl groups excluding tert-OH is 1. The van der Waals surface area contributed by atoms with Crippen LogP contribution in [0.15, 0.2) is 24.3 Å². The van der Waals surface area contributed by atoms with E-state index in [1.807, 2.05) is 24.3 Å². The van der Waals surface area contributed by atoms with Crippen molar-refractivity contribution in [2.75, 3.05) is 25.7 Å². The number of nitrogens with one attached hydrogen (secondary N) is 2. The Labute approximate surface area is 94.4 Å². The number of hydrogen-bond donors (Lipinski definition) is 3. The number of amides is 1. The first-order chi connectivity index (χ1) is 7.76. The number of ether oxygens (including phenoxy) is 1. The number of rotatable bonds is 6. The lowest BCUT2D eigenvalue weighted by Crippen LogP contribution is -2.28. The van der Waals surface area contributed by atoms with Gasteiger partial charge in [0.25, 0.3) is 0 Å². The number of anilines is 1. The molecule has 0 spiro atoms. The van der Waals surface area contributed by atoms with Gasteiger partial charge >= 0.3 is 0 Å². The maximum absolute atomic E-state index is 11.3. The van der Waals surface area contributed by atoms with Gasteiger partial charge in [-0.25, -0.2) is 0 Å². The molecule has 0 saturated carbocycles. The standard InChI is InChI=1S/C11H16N2O3/c1-16-7-9-2-4-10(5-3-9)13-11(15)6-12-8-14/h2-5,12,14H,6-8H2,1H3,(H,13,15). The molecule has 0 bridgehead atoms. The summed E-state index contributed by atoms with van der Waals surface area (Å²) < 4.78 is 4.98. The van der Waals surface area contributed by atoms with E-state index in [9.17, 15) is 4.79 Å². The molecule has 5 heteroatoms. The Bertz CT molecular complexity index is 325. The van der Waals surface area contributed by atoms with Crippen LogP contribution in [-0.4, -0.2) is 31.4 Å². The molecule has 0 saturated heterocycles. The fraction of sp³-hybridized carbons (Fsp3) is 0.364. The van der Waals surface area contributed by atoms with Crippen LogP contribution in [0.1, 0.15) is 5.56 Å². The van der Waals surface area contributed by atoms with E-state index in [0.29, 0.717) is 6.61 Å². The largest absolute Gasteiger partial charge is 0.381 e. The number of methoxy groups -OCH3 is 1. The molecule has 3 N–H and O–H groups in total. The van der Waals surface area contributed by atoms with Crippen molar-refractivity contribution >= 4 is 11.6 Å². The van der Waals surface area contributed by atoms with E-state index in [0.717, 1.165) is 11.3 Å². The van der Waals surface area contributed by atoms with Crippen LogP contribution in [0, 0.1) is 0 Å². The van der Waals surface area contributed by atoms with E-state index in [2.05, 4.69) is 10.6 Å². The van der Waals surface area contributed by atoms with Crippen molar-refractivity contribution in [2.45, 2.75) is 6.61 Å². The van der Waals surface area contributed by atoms with Crippen LogP contribution < -0.4 is 10.6 Å². The highest BCUT2D eigenvalue weighted by Crippen LogP contribution is 2.09. The number of aliphatic hydroxyl groups is 1. The zero-order valence-electron chi connectivity index (χ0n) is 9.19. The highest BCUT2D eigenvalue weighted by atomic mass is 16.5. The molecule has 1 aromatic rings. The summed E-state index contributed by atoms with van der Waals surface area (Å²) in [6, 6.07) is 7.40. The van der Waals surface area contributed by atoms with Crippen molar-refractivity contribution < 1.29 is 14.6 Å². The zero-order chi connectivity index (χ0) is 11.8. The summed E-state index contributed by atoms with van der Waals surface area (Å²) in [5.41, 5.74) is 1.78. The molecule has 0 fully saturated rings. The second kappa shape index (κ2) is 6.95. The first-order valence-corrected chi connectivity index (χ1v) is 4.95. The molecule has 0 aliphatic carbocycles. The van der Waals surface area contributed by atoms with Crippen LogP contribution in [0.4, 0.5) is 5.69 Å². The van der Waals surface area contributed by atoms with Crippen LogP contribution in [0.25, 0.3) is 0 Å². The van der Waals surface area contributed by atoms with E-state index in [1.54, 1.807) is 7.11 Å². The summed E-state index contributed by atoms with van der Waals surface area (Å²) in [6.07, 6.45) is 0. The molecule has 1 amide bonds. The highest BCUT2D eigenvalue weighted by Gasteiger charge is 2.00. The van der Waals surface area contributed by atoms with Gasteiger partial charge in [-0.3, -0.25) is 10.1 Å². The molecule has 1 aromatic carbocycles. The van der Waals surface area contributed by atoms with Gasteiger partial charge in [0.05, 0.1) is 19.9 Å². The Morgan fingerprint density at radius 1 is 1.38 bits per heavy atom. The van der Waals surface area contributed by atoms with Gasteiger partial charge in [0, 0.05) is 12.8 Å². The molecule has 0 aliphatic heterocycles. The number of carbonyl (C=O) groups excluding carboxylic acids is 1. The van der Waals surface area contributed by atoms with E-state index in [1.165, 1.54) is 0 Å². The molecule has 0 heterocycles. The third kappa shape index (κ3) is 4.39. The molecule has 0 atom stereocenters.